The number of hydrogen-bond acceptors (Lipinski definition) is 8. The fourth-order valence-electron chi connectivity index (χ4n) is 4.93. The van der Waals surface area contributed by atoms with Crippen molar-refractivity contribution in [2.45, 2.75) is 70.8 Å². The van der Waals surface area contributed by atoms with E-state index in [1.54, 1.807) is 81.5 Å². The Kier molecular flexibility index (Phi) is 13.8. The Hall–Kier alpha value is -4.67. The molecule has 5 atom stereocenters. The van der Waals surface area contributed by atoms with Gasteiger partial charge in [-0.15, -0.1) is 0 Å². The molecular weight excluding hydrogens is 588 g/mol. The zero-order chi connectivity index (χ0) is 33.6. The maximum atomic E-state index is 13.1. The molecule has 4 unspecified atom stereocenters. The molecule has 46 heavy (non-hydrogen) atoms. The third kappa shape index (κ3) is 10.7. The largest absolute Gasteiger partial charge is 0.508 e. The summed E-state index contributed by atoms with van der Waals surface area (Å²) < 4.78 is 11.2. The van der Waals surface area contributed by atoms with Crippen LogP contribution in [-0.2, 0) is 25.5 Å². The Balaban J connectivity index is 1.84. The lowest BCUT2D eigenvalue weighted by molar-refractivity contribution is -0.155. The molecule has 1 aliphatic heterocycles. The van der Waals surface area contributed by atoms with Crippen molar-refractivity contribution >= 4 is 23.5 Å². The number of aromatic hydroxyl groups is 2. The Morgan fingerprint density at radius 1 is 1.07 bits per heavy atom. The molecule has 0 fully saturated rings. The molecule has 0 saturated carbocycles. The van der Waals surface area contributed by atoms with Gasteiger partial charge in [0.2, 0.25) is 5.91 Å². The summed E-state index contributed by atoms with van der Waals surface area (Å²) in [4.78, 5) is 38.4. The van der Waals surface area contributed by atoms with E-state index >= 15 is 0 Å². The Bertz CT molecular complexity index is 1460. The third-order valence-electron chi connectivity index (χ3n) is 7.74. The van der Waals surface area contributed by atoms with Gasteiger partial charge in [0, 0.05) is 31.1 Å². The standard InChI is InChI=1S/C36H44N2O8/c1-23-14-13-17-27-20-28(39)21-30(34(27)42)38-32(40)22-29(45-4)18-11-6-5-7-12-19-31(24(2)33(23)41)46-36(44)25(3)37-35(43)26-15-9-8-10-16-26/h5-12,14-16,18,20-21,24-25,29,31,33,39,41-42H,13,17,19,22H2,1-4H3,(H,37,43)(H,38,40)/b6-5-,12-7-,18-11-,23-14-/t24?,25-,29?,31?,33?/m0/s1. The molecule has 2 aromatic rings. The number of amides is 2. The van der Waals surface area contributed by atoms with Gasteiger partial charge in [0.15, 0.2) is 0 Å². The molecule has 0 radical (unpaired) electrons. The van der Waals surface area contributed by atoms with Gasteiger partial charge in [-0.25, -0.2) is 4.79 Å². The summed E-state index contributed by atoms with van der Waals surface area (Å²) in [7, 11) is 1.48. The predicted molar refractivity (Wildman–Crippen MR) is 176 cm³/mol. The highest BCUT2D eigenvalue weighted by Crippen LogP contribution is 2.34. The quantitative estimate of drug-likeness (QED) is 0.132. The molecule has 0 aromatic heterocycles. The molecule has 1 aliphatic rings. The summed E-state index contributed by atoms with van der Waals surface area (Å²) in [5.74, 6) is -2.22. The van der Waals surface area contributed by atoms with Crippen LogP contribution in [0.3, 0.4) is 0 Å². The third-order valence-corrected chi connectivity index (χ3v) is 7.74. The van der Waals surface area contributed by atoms with Crippen LogP contribution in [0.2, 0.25) is 0 Å². The monoisotopic (exact) mass is 632 g/mol. The number of ether oxygens (including phenoxy) is 2. The number of anilines is 1. The van der Waals surface area contributed by atoms with Crippen molar-refractivity contribution in [1.29, 1.82) is 0 Å². The van der Waals surface area contributed by atoms with Crippen LogP contribution >= 0.6 is 0 Å². The highest BCUT2D eigenvalue weighted by atomic mass is 16.5. The summed E-state index contributed by atoms with van der Waals surface area (Å²) in [5, 5.41) is 37.6. The lowest BCUT2D eigenvalue weighted by Crippen LogP contribution is -2.43. The summed E-state index contributed by atoms with van der Waals surface area (Å²) >= 11 is 0. The van der Waals surface area contributed by atoms with Gasteiger partial charge in [-0.1, -0.05) is 67.7 Å². The van der Waals surface area contributed by atoms with Gasteiger partial charge in [-0.05, 0) is 56.0 Å². The first-order chi connectivity index (χ1) is 22.0. The predicted octanol–water partition coefficient (Wildman–Crippen LogP) is 5.12. The van der Waals surface area contributed by atoms with Crippen LogP contribution in [0, 0.1) is 5.92 Å². The molecule has 5 N–H and O–H groups in total. The van der Waals surface area contributed by atoms with Crippen LogP contribution in [0.1, 0.15) is 56.0 Å². The number of benzene rings is 2. The van der Waals surface area contributed by atoms with Crippen LogP contribution in [0.5, 0.6) is 11.5 Å². The smallest absolute Gasteiger partial charge is 0.328 e. The highest BCUT2D eigenvalue weighted by Gasteiger charge is 2.30. The second-order valence-electron chi connectivity index (χ2n) is 11.3. The lowest BCUT2D eigenvalue weighted by atomic mass is 9.90. The number of phenolic OH excluding ortho intramolecular Hbond substituents is 2. The zero-order valence-corrected chi connectivity index (χ0v) is 26.7. The highest BCUT2D eigenvalue weighted by molar-refractivity contribution is 5.96. The Morgan fingerprint density at radius 2 is 1.78 bits per heavy atom. The summed E-state index contributed by atoms with van der Waals surface area (Å²) in [5.41, 5.74) is 1.56. The number of aliphatic hydroxyl groups is 1. The van der Waals surface area contributed by atoms with E-state index in [1.165, 1.54) is 19.2 Å². The minimum absolute atomic E-state index is 0.0178. The maximum Gasteiger partial charge on any atom is 0.328 e. The first-order valence-corrected chi connectivity index (χ1v) is 15.3. The molecule has 2 bridgehead atoms. The van der Waals surface area contributed by atoms with E-state index < -0.39 is 48.1 Å². The first-order valence-electron chi connectivity index (χ1n) is 15.3. The molecule has 2 amide bonds. The van der Waals surface area contributed by atoms with Crippen LogP contribution in [0.15, 0.2) is 90.6 Å². The number of hydrogen-bond donors (Lipinski definition) is 5. The first kappa shape index (κ1) is 35.8. The van der Waals surface area contributed by atoms with Crippen LogP contribution in [-0.4, -0.2) is 64.6 Å². The van der Waals surface area contributed by atoms with Gasteiger partial charge < -0.3 is 35.4 Å². The molecule has 10 nitrogen and oxygen atoms in total. The van der Waals surface area contributed by atoms with Crippen LogP contribution in [0.25, 0.3) is 0 Å². The van der Waals surface area contributed by atoms with E-state index in [1.807, 2.05) is 12.2 Å². The van der Waals surface area contributed by atoms with Crippen molar-refractivity contribution in [3.63, 3.8) is 0 Å². The number of allylic oxidation sites excluding steroid dienone is 5. The van der Waals surface area contributed by atoms with Gasteiger partial charge >= 0.3 is 5.97 Å². The number of carbonyl (C=O) groups is 3. The molecule has 0 spiro atoms. The molecular formula is C36H44N2O8. The Labute approximate surface area is 270 Å². The molecule has 10 heteroatoms. The Morgan fingerprint density at radius 3 is 2.50 bits per heavy atom. The minimum Gasteiger partial charge on any atom is -0.508 e. The number of rotatable bonds is 5. The van der Waals surface area contributed by atoms with Crippen molar-refractivity contribution in [2.75, 3.05) is 12.4 Å². The molecule has 2 aromatic carbocycles. The fraction of sp³-hybridized carbons (Fsp3) is 0.361. The van der Waals surface area contributed by atoms with Gasteiger partial charge in [0.1, 0.15) is 23.6 Å². The van der Waals surface area contributed by atoms with Gasteiger partial charge in [0.25, 0.3) is 5.91 Å². The van der Waals surface area contributed by atoms with E-state index in [0.717, 1.165) is 0 Å². The van der Waals surface area contributed by atoms with Crippen molar-refractivity contribution in [3.05, 3.63) is 102 Å². The van der Waals surface area contributed by atoms with E-state index in [4.69, 9.17) is 9.47 Å². The average Bonchev–Trinajstić information content (AvgIpc) is 3.04. The summed E-state index contributed by atoms with van der Waals surface area (Å²) in [6, 6.07) is 10.3. The average molecular weight is 633 g/mol. The van der Waals surface area contributed by atoms with E-state index in [0.29, 0.717) is 36.0 Å². The van der Waals surface area contributed by atoms with Crippen molar-refractivity contribution in [1.82, 2.24) is 5.32 Å². The molecule has 246 valence electrons. The van der Waals surface area contributed by atoms with E-state index in [-0.39, 0.29) is 23.6 Å². The topological polar surface area (TPSA) is 154 Å². The molecule has 0 aliphatic carbocycles. The number of esters is 1. The summed E-state index contributed by atoms with van der Waals surface area (Å²) in [6.07, 6.45) is 11.2. The SMILES string of the molecule is COC1\C=C/C=C\C=C/CC(OC(=O)[C@H](C)NC(=O)c2ccccc2)C(C)C(O)/C(C)=C\CCc2cc(O)cc(c2O)NC(=O)C1. The van der Waals surface area contributed by atoms with Crippen molar-refractivity contribution in [3.8, 4) is 11.5 Å². The normalized spacial score (nSPS) is 25.3. The van der Waals surface area contributed by atoms with Gasteiger partial charge in [-0.3, -0.25) is 9.59 Å². The van der Waals surface area contributed by atoms with Crippen molar-refractivity contribution < 1.29 is 39.2 Å². The van der Waals surface area contributed by atoms with Gasteiger partial charge in [0.05, 0.1) is 24.3 Å². The van der Waals surface area contributed by atoms with Gasteiger partial charge in [-0.2, -0.15) is 0 Å². The number of nitrogens with one attached hydrogen (secondary N) is 2. The minimum atomic E-state index is -0.966. The number of carbonyl (C=O) groups excluding carboxylic acids is 3. The number of methoxy groups -OCH3 is 1. The van der Waals surface area contributed by atoms with Crippen LogP contribution < -0.4 is 10.6 Å². The molecule has 1 heterocycles. The zero-order valence-electron chi connectivity index (χ0n) is 26.7. The second kappa shape index (κ2) is 17.7. The van der Waals surface area contributed by atoms with Crippen LogP contribution in [0.4, 0.5) is 5.69 Å². The summed E-state index contributed by atoms with van der Waals surface area (Å²) in [6.45, 7) is 5.10. The number of aliphatic hydroxyl groups excluding tert-OH is 1. The second-order valence-corrected chi connectivity index (χ2v) is 11.3. The molecule has 3 rings (SSSR count). The lowest BCUT2D eigenvalue weighted by Gasteiger charge is -2.29. The number of aryl methyl sites for hydroxylation is 1. The maximum absolute atomic E-state index is 13.1. The molecule has 0 saturated heterocycles. The fourth-order valence-corrected chi connectivity index (χ4v) is 4.93. The van der Waals surface area contributed by atoms with E-state index in [9.17, 15) is 29.7 Å². The number of phenols is 2. The van der Waals surface area contributed by atoms with Crippen molar-refractivity contribution in [2.24, 2.45) is 5.92 Å². The number of fused-ring (bicyclic) bond motifs is 2. The van der Waals surface area contributed by atoms with E-state index in [2.05, 4.69) is 10.6 Å².